The molecule has 1 aliphatic heterocycles. The standard InChI is InChI=1S/C36H35N5O2S/c1-4-26-13-17-28(18-14-26)40-24(2)22-31(25(40)3)35-34(32-12-8-9-21-37-32)39-36(44)41(35)29-19-15-27(16-20-29)38-33(42)23-43-30-10-6-5-7-11-30/h5-22,34-35H,4,23H2,1-3H3,(H,38,42)(H,39,44)/t34-,35-/m1/s1. The minimum atomic E-state index is -0.229. The summed E-state index contributed by atoms with van der Waals surface area (Å²) < 4.78 is 7.89. The van der Waals surface area contributed by atoms with Gasteiger partial charge < -0.3 is 24.8 Å². The number of ether oxygens (including phenoxy) is 1. The number of aromatic nitrogens is 2. The highest BCUT2D eigenvalue weighted by Gasteiger charge is 2.42. The van der Waals surface area contributed by atoms with Gasteiger partial charge in [0, 0.05) is 34.6 Å². The van der Waals surface area contributed by atoms with Gasteiger partial charge in [-0.1, -0.05) is 43.3 Å². The van der Waals surface area contributed by atoms with Gasteiger partial charge >= 0.3 is 0 Å². The fourth-order valence-corrected chi connectivity index (χ4v) is 6.23. The van der Waals surface area contributed by atoms with Gasteiger partial charge in [-0.25, -0.2) is 0 Å². The van der Waals surface area contributed by atoms with Crippen LogP contribution in [-0.4, -0.2) is 27.2 Å². The van der Waals surface area contributed by atoms with Crippen molar-refractivity contribution in [3.05, 3.63) is 138 Å². The van der Waals surface area contributed by atoms with E-state index in [0.29, 0.717) is 16.5 Å². The highest BCUT2D eigenvalue weighted by atomic mass is 32.1. The molecule has 222 valence electrons. The lowest BCUT2D eigenvalue weighted by Crippen LogP contribution is -2.29. The second-order valence-corrected chi connectivity index (χ2v) is 11.3. The molecule has 0 bridgehead atoms. The van der Waals surface area contributed by atoms with Gasteiger partial charge in [-0.05, 0) is 110 Å². The number of hydrogen-bond donors (Lipinski definition) is 2. The lowest BCUT2D eigenvalue weighted by atomic mass is 9.96. The Bertz CT molecular complexity index is 1750. The number of carbonyl (C=O) groups is 1. The second kappa shape index (κ2) is 12.7. The zero-order chi connectivity index (χ0) is 30.6. The summed E-state index contributed by atoms with van der Waals surface area (Å²) in [6.07, 6.45) is 2.82. The van der Waals surface area contributed by atoms with E-state index in [4.69, 9.17) is 21.9 Å². The molecule has 3 aromatic carbocycles. The van der Waals surface area contributed by atoms with E-state index in [9.17, 15) is 4.79 Å². The zero-order valence-electron chi connectivity index (χ0n) is 25.0. The van der Waals surface area contributed by atoms with Crippen LogP contribution in [0, 0.1) is 13.8 Å². The highest BCUT2D eigenvalue weighted by molar-refractivity contribution is 7.80. The van der Waals surface area contributed by atoms with Gasteiger partial charge in [-0.3, -0.25) is 9.78 Å². The number of aryl methyl sites for hydroxylation is 2. The van der Waals surface area contributed by atoms with Gasteiger partial charge in [0.25, 0.3) is 5.91 Å². The summed E-state index contributed by atoms with van der Waals surface area (Å²) in [5, 5.41) is 7.10. The number of carbonyl (C=O) groups excluding carboxylic acids is 1. The molecule has 0 unspecified atom stereocenters. The molecule has 1 aliphatic rings. The molecule has 1 amide bonds. The molecule has 0 spiro atoms. The Morgan fingerprint density at radius 1 is 0.932 bits per heavy atom. The number of amides is 1. The van der Waals surface area contributed by atoms with Crippen LogP contribution in [0.25, 0.3) is 5.69 Å². The predicted octanol–water partition coefficient (Wildman–Crippen LogP) is 7.25. The van der Waals surface area contributed by atoms with Crippen LogP contribution in [0.15, 0.2) is 109 Å². The van der Waals surface area contributed by atoms with E-state index in [1.807, 2.05) is 79.0 Å². The minimum absolute atomic E-state index is 0.0729. The predicted molar refractivity (Wildman–Crippen MR) is 180 cm³/mol. The largest absolute Gasteiger partial charge is 0.484 e. The monoisotopic (exact) mass is 601 g/mol. The summed E-state index contributed by atoms with van der Waals surface area (Å²) in [5.74, 6) is 0.423. The lowest BCUT2D eigenvalue weighted by molar-refractivity contribution is -0.118. The van der Waals surface area contributed by atoms with Crippen LogP contribution in [-0.2, 0) is 11.2 Å². The van der Waals surface area contributed by atoms with Crippen LogP contribution in [0.4, 0.5) is 11.4 Å². The number of thiocarbonyl (C=S) groups is 1. The van der Waals surface area contributed by atoms with Gasteiger partial charge in [0.05, 0.1) is 17.8 Å². The molecule has 2 aromatic heterocycles. The van der Waals surface area contributed by atoms with Crippen molar-refractivity contribution >= 4 is 34.6 Å². The molecular weight excluding hydrogens is 566 g/mol. The number of benzene rings is 3. The first-order valence-corrected chi connectivity index (χ1v) is 15.2. The molecule has 8 heteroatoms. The number of para-hydroxylation sites is 1. The van der Waals surface area contributed by atoms with Crippen molar-refractivity contribution in [2.45, 2.75) is 39.3 Å². The molecule has 1 saturated heterocycles. The van der Waals surface area contributed by atoms with E-state index < -0.39 is 0 Å². The highest BCUT2D eigenvalue weighted by Crippen LogP contribution is 2.44. The average molecular weight is 602 g/mol. The molecule has 5 aromatic rings. The van der Waals surface area contributed by atoms with Gasteiger partial charge in [0.15, 0.2) is 11.7 Å². The molecule has 0 radical (unpaired) electrons. The third-order valence-corrected chi connectivity index (χ3v) is 8.35. The van der Waals surface area contributed by atoms with Crippen molar-refractivity contribution in [1.29, 1.82) is 0 Å². The molecular formula is C36H35N5O2S. The number of pyridine rings is 1. The fraction of sp³-hybridized carbons (Fsp3) is 0.194. The van der Waals surface area contributed by atoms with Crippen LogP contribution >= 0.6 is 12.2 Å². The Kier molecular flexibility index (Phi) is 8.43. The average Bonchev–Trinajstić information content (AvgIpc) is 3.55. The van der Waals surface area contributed by atoms with Crippen molar-refractivity contribution in [1.82, 2.24) is 14.9 Å². The molecule has 44 heavy (non-hydrogen) atoms. The van der Waals surface area contributed by atoms with Gasteiger partial charge in [-0.15, -0.1) is 0 Å². The van der Waals surface area contributed by atoms with Gasteiger partial charge in [0.1, 0.15) is 5.75 Å². The molecule has 7 nitrogen and oxygen atoms in total. The second-order valence-electron chi connectivity index (χ2n) is 10.9. The van der Waals surface area contributed by atoms with E-state index in [0.717, 1.165) is 34.9 Å². The summed E-state index contributed by atoms with van der Waals surface area (Å²) >= 11 is 5.96. The number of hydrogen-bond acceptors (Lipinski definition) is 4. The van der Waals surface area contributed by atoms with Crippen LogP contribution in [0.1, 0.15) is 47.2 Å². The maximum Gasteiger partial charge on any atom is 0.262 e. The summed E-state index contributed by atoms with van der Waals surface area (Å²) in [4.78, 5) is 19.4. The number of rotatable bonds is 9. The van der Waals surface area contributed by atoms with E-state index in [-0.39, 0.29) is 24.6 Å². The SMILES string of the molecule is CCc1ccc(-n2c(C)cc([C@@H]3[C@@H](c4ccccn4)NC(=S)N3c3ccc(NC(=O)COc4ccccc4)cc3)c2C)cc1. The van der Waals surface area contributed by atoms with E-state index in [1.165, 1.54) is 11.1 Å². The van der Waals surface area contributed by atoms with E-state index in [1.54, 1.807) is 0 Å². The van der Waals surface area contributed by atoms with Crippen molar-refractivity contribution in [2.75, 3.05) is 16.8 Å². The molecule has 0 aliphatic carbocycles. The van der Waals surface area contributed by atoms with Crippen LogP contribution in [0.2, 0.25) is 0 Å². The topological polar surface area (TPSA) is 71.4 Å². The van der Waals surface area contributed by atoms with Crippen molar-refractivity contribution in [3.63, 3.8) is 0 Å². The molecule has 0 saturated carbocycles. The molecule has 1 fully saturated rings. The minimum Gasteiger partial charge on any atom is -0.484 e. The Morgan fingerprint density at radius 2 is 1.64 bits per heavy atom. The summed E-state index contributed by atoms with van der Waals surface area (Å²) in [7, 11) is 0. The smallest absolute Gasteiger partial charge is 0.262 e. The molecule has 2 atom stereocenters. The van der Waals surface area contributed by atoms with E-state index in [2.05, 4.69) is 71.2 Å². The zero-order valence-corrected chi connectivity index (χ0v) is 25.8. The van der Waals surface area contributed by atoms with Crippen LogP contribution in [0.5, 0.6) is 5.75 Å². The summed E-state index contributed by atoms with van der Waals surface area (Å²) in [6.45, 7) is 6.41. The summed E-state index contributed by atoms with van der Waals surface area (Å²) in [5.41, 5.74) is 8.43. The Morgan fingerprint density at radius 3 is 2.32 bits per heavy atom. The Hall–Kier alpha value is -4.95. The lowest BCUT2D eigenvalue weighted by Gasteiger charge is -2.28. The van der Waals surface area contributed by atoms with Gasteiger partial charge in [-0.2, -0.15) is 0 Å². The maximum atomic E-state index is 12.6. The Balaban J connectivity index is 1.30. The normalized spacial score (nSPS) is 16.1. The first kappa shape index (κ1) is 29.1. The third kappa shape index (κ3) is 5.94. The van der Waals surface area contributed by atoms with Crippen molar-refractivity contribution < 1.29 is 9.53 Å². The van der Waals surface area contributed by atoms with Crippen molar-refractivity contribution in [2.24, 2.45) is 0 Å². The van der Waals surface area contributed by atoms with Crippen LogP contribution < -0.4 is 20.3 Å². The number of nitrogens with zero attached hydrogens (tertiary/aromatic N) is 3. The van der Waals surface area contributed by atoms with E-state index >= 15 is 0 Å². The molecule has 3 heterocycles. The maximum absolute atomic E-state index is 12.6. The first-order chi connectivity index (χ1) is 21.4. The third-order valence-electron chi connectivity index (χ3n) is 8.03. The van der Waals surface area contributed by atoms with Gasteiger partial charge in [0.2, 0.25) is 0 Å². The molecule has 2 N–H and O–H groups in total. The first-order valence-electron chi connectivity index (χ1n) is 14.8. The Labute approximate surface area is 263 Å². The molecule has 6 rings (SSSR count). The van der Waals surface area contributed by atoms with Crippen LogP contribution in [0.3, 0.4) is 0 Å². The fourth-order valence-electron chi connectivity index (χ4n) is 5.88. The summed E-state index contributed by atoms with van der Waals surface area (Å²) in [6, 6.07) is 33.7. The quantitative estimate of drug-likeness (QED) is 0.174. The number of nitrogens with one attached hydrogen (secondary N) is 2. The number of anilines is 2. The van der Waals surface area contributed by atoms with Crippen molar-refractivity contribution in [3.8, 4) is 11.4 Å².